The summed E-state index contributed by atoms with van der Waals surface area (Å²) in [4.78, 5) is 2.50. The Morgan fingerprint density at radius 1 is 0.297 bits per heavy atom. The molecule has 2 heteroatoms. The quantitative estimate of drug-likeness (QED) is 0.139. The molecular weight excluding hydrogens is 773 g/mol. The minimum Gasteiger partial charge on any atom is -0.309 e. The summed E-state index contributed by atoms with van der Waals surface area (Å²) < 4.78 is 2.39. The molecule has 300 valence electrons. The zero-order chi connectivity index (χ0) is 42.4. The number of benzene rings is 11. The van der Waals surface area contributed by atoms with E-state index < -0.39 is 0 Å². The lowest BCUT2D eigenvalue weighted by Crippen LogP contribution is -2.12. The lowest BCUT2D eigenvalue weighted by Gasteiger charge is -2.31. The summed E-state index contributed by atoms with van der Waals surface area (Å²) >= 11 is 0. The lowest BCUT2D eigenvalue weighted by atomic mass is 9.87. The van der Waals surface area contributed by atoms with Gasteiger partial charge < -0.3 is 9.47 Å². The van der Waals surface area contributed by atoms with Gasteiger partial charge in [0.2, 0.25) is 0 Å². The van der Waals surface area contributed by atoms with Crippen molar-refractivity contribution in [2.75, 3.05) is 4.90 Å². The third-order valence-corrected chi connectivity index (χ3v) is 12.8. The molecule has 0 N–H and O–H groups in total. The molecule has 12 aromatic rings. The van der Waals surface area contributed by atoms with Crippen molar-refractivity contribution in [2.24, 2.45) is 0 Å². The van der Waals surface area contributed by atoms with Gasteiger partial charge in [0.25, 0.3) is 0 Å². The smallest absolute Gasteiger partial charge is 0.0547 e. The summed E-state index contributed by atoms with van der Waals surface area (Å²) in [5.74, 6) is 0. The summed E-state index contributed by atoms with van der Waals surface area (Å²) in [5, 5.41) is 7.35. The molecule has 0 atom stereocenters. The van der Waals surface area contributed by atoms with Gasteiger partial charge in [0, 0.05) is 33.1 Å². The number of hydrogen-bond acceptors (Lipinski definition) is 1. The van der Waals surface area contributed by atoms with Crippen molar-refractivity contribution in [1.82, 2.24) is 4.57 Å². The zero-order valence-corrected chi connectivity index (χ0v) is 35.1. The van der Waals surface area contributed by atoms with Crippen molar-refractivity contribution in [2.45, 2.75) is 0 Å². The third kappa shape index (κ3) is 6.27. The fourth-order valence-corrected chi connectivity index (χ4v) is 9.97. The van der Waals surface area contributed by atoms with E-state index in [1.165, 1.54) is 87.9 Å². The van der Waals surface area contributed by atoms with Crippen LogP contribution in [0, 0.1) is 0 Å². The number of fused-ring (bicyclic) bond motifs is 6. The SMILES string of the molecule is c1ccc(-c2ccccc2-c2c(-c3ccccc3)cccc2N(c2ccc(-c3cccc4c3c3ccccc3n4-c3ccccc3)cc2)c2cc3ccccc3c3ccccc23)cc1. The molecule has 0 aliphatic heterocycles. The topological polar surface area (TPSA) is 8.17 Å². The summed E-state index contributed by atoms with van der Waals surface area (Å²) in [6, 6.07) is 92.8. The second-order valence-corrected chi connectivity index (χ2v) is 16.4. The first-order valence-corrected chi connectivity index (χ1v) is 22.0. The van der Waals surface area contributed by atoms with Crippen LogP contribution in [0.25, 0.3) is 93.5 Å². The molecule has 64 heavy (non-hydrogen) atoms. The minimum absolute atomic E-state index is 1.08. The van der Waals surface area contributed by atoms with E-state index in [4.69, 9.17) is 0 Å². The molecule has 0 fully saturated rings. The second-order valence-electron chi connectivity index (χ2n) is 16.4. The van der Waals surface area contributed by atoms with Gasteiger partial charge in [-0.25, -0.2) is 0 Å². The van der Waals surface area contributed by atoms with E-state index in [9.17, 15) is 0 Å². The maximum atomic E-state index is 2.50. The molecule has 0 saturated heterocycles. The largest absolute Gasteiger partial charge is 0.309 e. The van der Waals surface area contributed by atoms with E-state index in [1.807, 2.05) is 0 Å². The fraction of sp³-hybridized carbons (Fsp3) is 0. The van der Waals surface area contributed by atoms with Gasteiger partial charge >= 0.3 is 0 Å². The fourth-order valence-electron chi connectivity index (χ4n) is 9.97. The summed E-state index contributed by atoms with van der Waals surface area (Å²) in [6.07, 6.45) is 0. The minimum atomic E-state index is 1.08. The molecule has 11 aromatic carbocycles. The van der Waals surface area contributed by atoms with Gasteiger partial charge in [0.1, 0.15) is 0 Å². The maximum absolute atomic E-state index is 2.50. The maximum Gasteiger partial charge on any atom is 0.0547 e. The van der Waals surface area contributed by atoms with Crippen molar-refractivity contribution in [3.05, 3.63) is 255 Å². The van der Waals surface area contributed by atoms with Crippen LogP contribution >= 0.6 is 0 Å². The Morgan fingerprint density at radius 3 is 1.56 bits per heavy atom. The van der Waals surface area contributed by atoms with Crippen LogP contribution in [0.2, 0.25) is 0 Å². The monoisotopic (exact) mass is 814 g/mol. The standard InChI is InChI=1S/C62H42N2/c1-4-20-43(21-5-1)49-27-12-15-31-55(49)61-51(44-22-6-2-7-23-44)33-18-36-58(61)64(60-42-46-24-10-11-28-50(46)53-29-13-14-30-54(53)60)48-40-38-45(39-41-48)52-34-19-37-59-62(52)56-32-16-17-35-57(56)63(59)47-25-8-3-9-26-47/h1-42H. The molecule has 1 heterocycles. The molecule has 0 aliphatic carbocycles. The first-order valence-electron chi connectivity index (χ1n) is 22.0. The van der Waals surface area contributed by atoms with Crippen LogP contribution in [0.5, 0.6) is 0 Å². The highest BCUT2D eigenvalue weighted by atomic mass is 15.1. The van der Waals surface area contributed by atoms with Gasteiger partial charge in [-0.2, -0.15) is 0 Å². The molecular formula is C62H42N2. The first-order chi connectivity index (χ1) is 31.8. The Kier molecular flexibility index (Phi) is 9.20. The van der Waals surface area contributed by atoms with Crippen LogP contribution in [0.15, 0.2) is 255 Å². The lowest BCUT2D eigenvalue weighted by molar-refractivity contribution is 1.18. The molecule has 0 radical (unpaired) electrons. The molecule has 0 aliphatic rings. The van der Waals surface area contributed by atoms with Crippen molar-refractivity contribution in [3.63, 3.8) is 0 Å². The average Bonchev–Trinajstić information content (AvgIpc) is 3.72. The van der Waals surface area contributed by atoms with Crippen molar-refractivity contribution in [3.8, 4) is 50.2 Å². The van der Waals surface area contributed by atoms with Crippen LogP contribution in [0.1, 0.15) is 0 Å². The van der Waals surface area contributed by atoms with Crippen molar-refractivity contribution in [1.29, 1.82) is 0 Å². The molecule has 0 unspecified atom stereocenters. The third-order valence-electron chi connectivity index (χ3n) is 12.8. The molecule has 0 amide bonds. The summed E-state index contributed by atoms with van der Waals surface area (Å²) in [5.41, 5.74) is 16.3. The van der Waals surface area contributed by atoms with Crippen molar-refractivity contribution < 1.29 is 0 Å². The number of nitrogens with zero attached hydrogens (tertiary/aromatic N) is 2. The molecule has 1 aromatic heterocycles. The Labute approximate surface area is 373 Å². The van der Waals surface area contributed by atoms with Gasteiger partial charge in [0.15, 0.2) is 0 Å². The molecule has 0 spiro atoms. The Bertz CT molecular complexity index is 3640. The Hall–Kier alpha value is -8.46. The highest BCUT2D eigenvalue weighted by molar-refractivity contribution is 6.17. The van der Waals surface area contributed by atoms with E-state index >= 15 is 0 Å². The summed E-state index contributed by atoms with van der Waals surface area (Å²) in [7, 11) is 0. The predicted octanol–water partition coefficient (Wildman–Crippen LogP) is 17.2. The highest BCUT2D eigenvalue weighted by Gasteiger charge is 2.25. The van der Waals surface area contributed by atoms with E-state index in [0.29, 0.717) is 0 Å². The van der Waals surface area contributed by atoms with Crippen LogP contribution in [-0.2, 0) is 0 Å². The van der Waals surface area contributed by atoms with Gasteiger partial charge in [-0.1, -0.05) is 206 Å². The molecule has 0 bridgehead atoms. The van der Waals surface area contributed by atoms with Gasteiger partial charge in [-0.05, 0) is 104 Å². The van der Waals surface area contributed by atoms with E-state index in [2.05, 4.69) is 264 Å². The van der Waals surface area contributed by atoms with E-state index in [-0.39, 0.29) is 0 Å². The van der Waals surface area contributed by atoms with Crippen molar-refractivity contribution >= 4 is 60.4 Å². The highest BCUT2D eigenvalue weighted by Crippen LogP contribution is 2.50. The average molecular weight is 815 g/mol. The van der Waals surface area contributed by atoms with Gasteiger partial charge in [-0.3, -0.25) is 0 Å². The second kappa shape index (κ2) is 15.8. The van der Waals surface area contributed by atoms with E-state index in [1.54, 1.807) is 0 Å². The normalized spacial score (nSPS) is 11.4. The predicted molar refractivity (Wildman–Crippen MR) is 272 cm³/mol. The molecule has 0 saturated carbocycles. The number of aromatic nitrogens is 1. The van der Waals surface area contributed by atoms with Crippen LogP contribution in [0.3, 0.4) is 0 Å². The number of hydrogen-bond donors (Lipinski definition) is 0. The van der Waals surface area contributed by atoms with E-state index in [0.717, 1.165) is 22.7 Å². The zero-order valence-electron chi connectivity index (χ0n) is 35.1. The van der Waals surface area contributed by atoms with Gasteiger partial charge in [-0.15, -0.1) is 0 Å². The van der Waals surface area contributed by atoms with Crippen LogP contribution in [-0.4, -0.2) is 4.57 Å². The number of anilines is 3. The molecule has 2 nitrogen and oxygen atoms in total. The summed E-state index contributed by atoms with van der Waals surface area (Å²) in [6.45, 7) is 0. The Balaban J connectivity index is 1.13. The van der Waals surface area contributed by atoms with Gasteiger partial charge in [0.05, 0.1) is 22.4 Å². The molecule has 12 rings (SSSR count). The van der Waals surface area contributed by atoms with Crippen LogP contribution < -0.4 is 4.90 Å². The Morgan fingerprint density at radius 2 is 0.812 bits per heavy atom. The number of rotatable bonds is 8. The van der Waals surface area contributed by atoms with Crippen LogP contribution in [0.4, 0.5) is 17.1 Å². The first kappa shape index (κ1) is 37.3. The number of para-hydroxylation sites is 2.